The van der Waals surface area contributed by atoms with Crippen molar-refractivity contribution < 1.29 is 19.2 Å². The maximum atomic E-state index is 12.1. The highest BCUT2D eigenvalue weighted by molar-refractivity contribution is 5.54. The highest BCUT2D eigenvalue weighted by atomic mass is 19.1. The number of nitro benzene ring substituents is 3. The minimum Gasteiger partial charge on any atom is -0.388 e. The van der Waals surface area contributed by atoms with E-state index in [2.05, 4.69) is 10.6 Å². The van der Waals surface area contributed by atoms with Gasteiger partial charge in [-0.05, 0) is 42.8 Å². The van der Waals surface area contributed by atoms with Crippen LogP contribution in [0.3, 0.4) is 0 Å². The molecule has 0 spiro atoms. The minimum absolute atomic E-state index is 0.0959. The summed E-state index contributed by atoms with van der Waals surface area (Å²) in [6.07, 6.45) is 0. The maximum Gasteiger partial charge on any atom is 0.269 e. The molecule has 0 radical (unpaired) electrons. The average molecular weight is 550 g/mol. The number of anilines is 2. The first-order chi connectivity index (χ1) is 18.6. The molecular weight excluding hydrogens is 509 g/mol. The molecule has 2 N–H and O–H groups in total. The van der Waals surface area contributed by atoms with Crippen LogP contribution in [0.1, 0.15) is 47.1 Å². The van der Waals surface area contributed by atoms with E-state index in [4.69, 9.17) is 0 Å². The molecular formula is C27H40FN5O6. The van der Waals surface area contributed by atoms with Gasteiger partial charge in [0.15, 0.2) is 0 Å². The fourth-order valence-electron chi connectivity index (χ4n) is 2.35. The van der Waals surface area contributed by atoms with Crippen LogP contribution in [0.5, 0.6) is 0 Å². The fraction of sp³-hybridized carbons (Fsp3) is 0.333. The van der Waals surface area contributed by atoms with Gasteiger partial charge in [-0.15, -0.1) is 0 Å². The first kappa shape index (κ1) is 38.9. The van der Waals surface area contributed by atoms with E-state index in [-0.39, 0.29) is 17.1 Å². The Morgan fingerprint density at radius 1 is 0.590 bits per heavy atom. The SMILES string of the molecule is CC.CC.CC.CNc1ccc([N+](=O)[O-])cc1.CNc1ccc([N+](=O)[O-])cc1C.O=[N+]([O-])c1ccc(F)cc1. The molecule has 12 heteroatoms. The summed E-state index contributed by atoms with van der Waals surface area (Å²) < 4.78 is 12.1. The average Bonchev–Trinajstić information content (AvgIpc) is 2.97. The van der Waals surface area contributed by atoms with Crippen molar-refractivity contribution in [1.29, 1.82) is 0 Å². The third kappa shape index (κ3) is 16.7. The first-order valence-electron chi connectivity index (χ1n) is 12.3. The van der Waals surface area contributed by atoms with E-state index in [0.717, 1.165) is 41.2 Å². The molecule has 0 aliphatic carbocycles. The number of non-ortho nitro benzene ring substituents is 3. The molecule has 0 saturated heterocycles. The summed E-state index contributed by atoms with van der Waals surface area (Å²) in [6, 6.07) is 15.3. The summed E-state index contributed by atoms with van der Waals surface area (Å²) in [5.41, 5.74) is 2.82. The molecule has 3 aromatic carbocycles. The van der Waals surface area contributed by atoms with Crippen LogP contribution >= 0.6 is 0 Å². The summed E-state index contributed by atoms with van der Waals surface area (Å²) >= 11 is 0. The minimum atomic E-state index is -0.570. The quantitative estimate of drug-likeness (QED) is 0.237. The van der Waals surface area contributed by atoms with Gasteiger partial charge in [0, 0.05) is 61.9 Å². The maximum absolute atomic E-state index is 12.1. The Hall–Kier alpha value is -4.61. The number of benzene rings is 3. The molecule has 0 unspecified atom stereocenters. The molecule has 11 nitrogen and oxygen atoms in total. The number of halogens is 1. The zero-order valence-electron chi connectivity index (χ0n) is 24.0. The van der Waals surface area contributed by atoms with Crippen molar-refractivity contribution >= 4 is 28.4 Å². The van der Waals surface area contributed by atoms with Crippen LogP contribution in [0.25, 0.3) is 0 Å². The summed E-state index contributed by atoms with van der Waals surface area (Å²) in [7, 11) is 3.55. The number of aryl methyl sites for hydroxylation is 1. The number of rotatable bonds is 5. The molecule has 0 aromatic heterocycles. The molecule has 3 aromatic rings. The van der Waals surface area contributed by atoms with Crippen molar-refractivity contribution in [2.24, 2.45) is 0 Å². The summed E-state index contributed by atoms with van der Waals surface area (Å²) in [5, 5.41) is 36.3. The Balaban J connectivity index is -0.000000455. The predicted molar refractivity (Wildman–Crippen MR) is 157 cm³/mol. The summed E-state index contributed by atoms with van der Waals surface area (Å²) in [5.74, 6) is -0.467. The van der Waals surface area contributed by atoms with Gasteiger partial charge >= 0.3 is 0 Å². The standard InChI is InChI=1S/C8H10N2O2.C7H8N2O2.C6H4FNO2.3C2H6/c1-6-5-7(10(11)12)3-4-8(6)9-2;1-8-6-2-4-7(5-3-6)9(10)11;7-5-1-3-6(4-2-5)8(9)10;3*1-2/h3-5,9H,1-2H3;2-5,8H,1H3;1-4H;3*1-2H3. The lowest BCUT2D eigenvalue weighted by molar-refractivity contribution is -0.385. The molecule has 0 atom stereocenters. The monoisotopic (exact) mass is 549 g/mol. The topological polar surface area (TPSA) is 153 Å². The van der Waals surface area contributed by atoms with E-state index in [1.807, 2.05) is 48.5 Å². The fourth-order valence-corrected chi connectivity index (χ4v) is 2.35. The molecule has 0 saturated carbocycles. The Morgan fingerprint density at radius 3 is 1.26 bits per heavy atom. The van der Waals surface area contributed by atoms with Crippen molar-refractivity contribution in [3.8, 4) is 0 Å². The van der Waals surface area contributed by atoms with Gasteiger partial charge in [-0.2, -0.15) is 0 Å². The number of nitro groups is 3. The normalized spacial score (nSPS) is 8.36. The first-order valence-corrected chi connectivity index (χ1v) is 12.3. The second-order valence-corrected chi connectivity index (χ2v) is 6.29. The van der Waals surface area contributed by atoms with Crippen LogP contribution in [0.2, 0.25) is 0 Å². The van der Waals surface area contributed by atoms with E-state index >= 15 is 0 Å². The summed E-state index contributed by atoms with van der Waals surface area (Å²) in [6.45, 7) is 13.8. The second-order valence-electron chi connectivity index (χ2n) is 6.29. The molecule has 3 rings (SSSR count). The van der Waals surface area contributed by atoms with E-state index in [0.29, 0.717) is 0 Å². The van der Waals surface area contributed by atoms with E-state index in [9.17, 15) is 34.7 Å². The Labute approximate surface area is 229 Å². The van der Waals surface area contributed by atoms with Gasteiger partial charge in [-0.25, -0.2) is 4.39 Å². The molecule has 39 heavy (non-hydrogen) atoms. The van der Waals surface area contributed by atoms with E-state index in [1.165, 1.54) is 18.2 Å². The zero-order valence-corrected chi connectivity index (χ0v) is 24.0. The predicted octanol–water partition coefficient (Wildman–Crippen LogP) is 8.39. The molecule has 216 valence electrons. The lowest BCUT2D eigenvalue weighted by Crippen LogP contribution is -1.93. The molecule has 0 bridgehead atoms. The van der Waals surface area contributed by atoms with Crippen LogP contribution < -0.4 is 10.6 Å². The van der Waals surface area contributed by atoms with Gasteiger partial charge in [-0.1, -0.05) is 41.5 Å². The van der Waals surface area contributed by atoms with Crippen LogP contribution in [-0.2, 0) is 0 Å². The Kier molecular flexibility index (Phi) is 23.7. The van der Waals surface area contributed by atoms with E-state index in [1.54, 1.807) is 38.4 Å². The third-order valence-electron chi connectivity index (χ3n) is 4.09. The van der Waals surface area contributed by atoms with Crippen molar-refractivity contribution in [2.45, 2.75) is 48.5 Å². The number of hydrogen-bond donors (Lipinski definition) is 2. The molecule has 0 amide bonds. The van der Waals surface area contributed by atoms with Crippen molar-refractivity contribution in [1.82, 2.24) is 0 Å². The van der Waals surface area contributed by atoms with Crippen molar-refractivity contribution in [3.63, 3.8) is 0 Å². The Morgan fingerprint density at radius 2 is 0.949 bits per heavy atom. The number of nitrogens with zero attached hydrogens (tertiary/aromatic N) is 3. The van der Waals surface area contributed by atoms with Gasteiger partial charge in [0.25, 0.3) is 17.1 Å². The van der Waals surface area contributed by atoms with Gasteiger partial charge in [0.2, 0.25) is 0 Å². The Bertz CT molecular complexity index is 1090. The largest absolute Gasteiger partial charge is 0.388 e. The zero-order chi connectivity index (χ0) is 31.0. The highest BCUT2D eigenvalue weighted by Gasteiger charge is 2.06. The number of hydrogen-bond acceptors (Lipinski definition) is 8. The van der Waals surface area contributed by atoms with Crippen molar-refractivity contribution in [3.05, 3.63) is 108 Å². The van der Waals surface area contributed by atoms with Crippen LogP contribution in [-0.4, -0.2) is 28.9 Å². The number of nitrogens with one attached hydrogen (secondary N) is 2. The third-order valence-corrected chi connectivity index (χ3v) is 4.09. The van der Waals surface area contributed by atoms with Crippen LogP contribution in [0, 0.1) is 43.1 Å². The molecule has 0 aliphatic heterocycles. The van der Waals surface area contributed by atoms with Gasteiger partial charge in [0.1, 0.15) is 5.82 Å². The van der Waals surface area contributed by atoms with Gasteiger partial charge in [0.05, 0.1) is 14.8 Å². The van der Waals surface area contributed by atoms with E-state index < -0.39 is 20.6 Å². The van der Waals surface area contributed by atoms with Gasteiger partial charge < -0.3 is 10.6 Å². The highest BCUT2D eigenvalue weighted by Crippen LogP contribution is 2.20. The lowest BCUT2D eigenvalue weighted by Gasteiger charge is -2.02. The molecule has 0 fully saturated rings. The summed E-state index contributed by atoms with van der Waals surface area (Å²) in [4.78, 5) is 29.1. The van der Waals surface area contributed by atoms with Crippen molar-refractivity contribution in [2.75, 3.05) is 24.7 Å². The molecule has 0 aliphatic rings. The molecule has 0 heterocycles. The smallest absolute Gasteiger partial charge is 0.269 e. The van der Waals surface area contributed by atoms with Crippen LogP contribution in [0.15, 0.2) is 66.7 Å². The second kappa shape index (κ2) is 23.8. The van der Waals surface area contributed by atoms with Gasteiger partial charge in [-0.3, -0.25) is 30.3 Å². The lowest BCUT2D eigenvalue weighted by atomic mass is 10.2. The van der Waals surface area contributed by atoms with Crippen LogP contribution in [0.4, 0.5) is 32.8 Å².